The molecule has 2 fully saturated rings. The number of benzene rings is 1. The highest BCUT2D eigenvalue weighted by Crippen LogP contribution is 2.34. The molecule has 0 bridgehead atoms. The minimum atomic E-state index is -3.50. The van der Waals surface area contributed by atoms with Gasteiger partial charge in [0.25, 0.3) is 0 Å². The van der Waals surface area contributed by atoms with Crippen LogP contribution in [0.25, 0.3) is 0 Å². The second-order valence-corrected chi connectivity index (χ2v) is 13.0. The van der Waals surface area contributed by atoms with Crippen molar-refractivity contribution in [3.05, 3.63) is 35.9 Å². The molecule has 3 N–H and O–H groups in total. The second-order valence-electron chi connectivity index (χ2n) is 10.3. The van der Waals surface area contributed by atoms with Crippen molar-refractivity contribution < 1.29 is 32.6 Å². The summed E-state index contributed by atoms with van der Waals surface area (Å²) in [6.07, 6.45) is -0.133. The lowest BCUT2D eigenvalue weighted by atomic mass is 9.81. The molecule has 4 atom stereocenters. The normalized spacial score (nSPS) is 25.2. The summed E-state index contributed by atoms with van der Waals surface area (Å²) in [6.45, 7) is 5.38. The zero-order chi connectivity index (χ0) is 25.8. The number of hydrogen-bond acceptors (Lipinski definition) is 6. The number of nitrogens with zero attached hydrogens (tertiary/aromatic N) is 1. The van der Waals surface area contributed by atoms with E-state index in [0.29, 0.717) is 32.2 Å². The molecular formula is C24H35N3O7S. The van der Waals surface area contributed by atoms with E-state index in [9.17, 15) is 22.8 Å². The minimum Gasteiger partial charge on any atom is -0.465 e. The zero-order valence-electron chi connectivity index (χ0n) is 20.4. The first-order chi connectivity index (χ1) is 16.4. The Morgan fingerprint density at radius 1 is 1.11 bits per heavy atom. The first-order valence-electron chi connectivity index (χ1n) is 11.9. The first-order valence-corrected chi connectivity index (χ1v) is 13.5. The van der Waals surface area contributed by atoms with Crippen LogP contribution in [-0.2, 0) is 26.0 Å². The van der Waals surface area contributed by atoms with Gasteiger partial charge in [0.1, 0.15) is 12.6 Å². The summed E-state index contributed by atoms with van der Waals surface area (Å²) in [5.41, 5.74) is 0.830. The molecule has 1 aromatic rings. The molecule has 1 aliphatic carbocycles. The quantitative estimate of drug-likeness (QED) is 0.513. The monoisotopic (exact) mass is 509 g/mol. The molecular weight excluding hydrogens is 474 g/mol. The van der Waals surface area contributed by atoms with Crippen molar-refractivity contribution in [2.75, 3.05) is 12.3 Å². The van der Waals surface area contributed by atoms with Gasteiger partial charge in [-0.1, -0.05) is 30.3 Å². The van der Waals surface area contributed by atoms with Crippen LogP contribution in [0.15, 0.2) is 30.3 Å². The molecule has 11 heteroatoms. The third-order valence-corrected chi connectivity index (χ3v) is 9.51. The summed E-state index contributed by atoms with van der Waals surface area (Å²) in [6, 6.07) is 7.74. The number of amides is 3. The number of carboxylic acid groups (broad SMARTS) is 1. The molecule has 0 spiro atoms. The SMILES string of the molecule is CC(C)(C)S(=O)(=O)C[C@@H]1CC(NC(=O)O)CC[C@@H]1N1CCC(NC(=O)OCc2ccccc2)C1=O. The third kappa shape index (κ3) is 6.87. The van der Waals surface area contributed by atoms with Crippen molar-refractivity contribution in [3.63, 3.8) is 0 Å². The molecule has 1 aliphatic heterocycles. The number of nitrogens with one attached hydrogen (secondary N) is 2. The van der Waals surface area contributed by atoms with Crippen molar-refractivity contribution in [3.8, 4) is 0 Å². The fraction of sp³-hybridized carbons (Fsp3) is 0.625. The number of sulfone groups is 1. The maximum absolute atomic E-state index is 13.2. The Bertz CT molecular complexity index is 1020. The van der Waals surface area contributed by atoms with Gasteiger partial charge >= 0.3 is 12.2 Å². The molecule has 0 radical (unpaired) electrons. The molecule has 1 aromatic carbocycles. The Morgan fingerprint density at radius 3 is 2.43 bits per heavy atom. The van der Waals surface area contributed by atoms with Crippen LogP contribution in [-0.4, -0.2) is 71.7 Å². The number of likely N-dealkylation sites (tertiary alicyclic amines) is 1. The Morgan fingerprint density at radius 2 is 1.80 bits per heavy atom. The van der Waals surface area contributed by atoms with Crippen LogP contribution >= 0.6 is 0 Å². The number of alkyl carbamates (subject to hydrolysis) is 1. The van der Waals surface area contributed by atoms with Gasteiger partial charge in [-0.15, -0.1) is 0 Å². The van der Waals surface area contributed by atoms with Crippen LogP contribution in [0.3, 0.4) is 0 Å². The third-order valence-electron chi connectivity index (χ3n) is 6.78. The average molecular weight is 510 g/mol. The summed E-state index contributed by atoms with van der Waals surface area (Å²) in [4.78, 5) is 38.2. The van der Waals surface area contributed by atoms with E-state index < -0.39 is 38.7 Å². The molecule has 10 nitrogen and oxygen atoms in total. The van der Waals surface area contributed by atoms with Crippen LogP contribution in [0.5, 0.6) is 0 Å². The molecule has 35 heavy (non-hydrogen) atoms. The van der Waals surface area contributed by atoms with Gasteiger partial charge in [0.05, 0.1) is 10.5 Å². The Labute approximate surface area is 206 Å². The van der Waals surface area contributed by atoms with Gasteiger partial charge in [0.15, 0.2) is 9.84 Å². The summed E-state index contributed by atoms with van der Waals surface area (Å²) >= 11 is 0. The molecule has 3 amide bonds. The molecule has 1 saturated carbocycles. The topological polar surface area (TPSA) is 142 Å². The number of ether oxygens (including phenoxy) is 1. The number of carbonyl (C=O) groups is 3. The highest BCUT2D eigenvalue weighted by molar-refractivity contribution is 7.92. The molecule has 3 rings (SSSR count). The van der Waals surface area contributed by atoms with Crippen molar-refractivity contribution in [1.29, 1.82) is 0 Å². The van der Waals surface area contributed by atoms with Crippen LogP contribution in [0, 0.1) is 5.92 Å². The fourth-order valence-corrected chi connectivity index (χ4v) is 6.17. The van der Waals surface area contributed by atoms with Crippen molar-refractivity contribution >= 4 is 27.9 Å². The number of rotatable bonds is 7. The lowest BCUT2D eigenvalue weighted by Crippen LogP contribution is -2.53. The number of hydrogen-bond donors (Lipinski definition) is 3. The highest BCUT2D eigenvalue weighted by atomic mass is 32.2. The summed E-state index contributed by atoms with van der Waals surface area (Å²) in [5, 5.41) is 14.2. The standard InChI is InChI=1S/C24H35N3O7S/c1-24(2,3)35(32,33)15-17-13-18(25-22(29)30)9-10-20(17)27-12-11-19(21(27)28)26-23(31)34-14-16-7-5-4-6-8-16/h4-8,17-20,25H,9-15H2,1-3H3,(H,26,31)(H,29,30)/t17-,18?,19?,20-/m0/s1. The van der Waals surface area contributed by atoms with Gasteiger partial charge in [-0.2, -0.15) is 0 Å². The van der Waals surface area contributed by atoms with Gasteiger partial charge in [-0.05, 0) is 57.9 Å². The van der Waals surface area contributed by atoms with E-state index in [2.05, 4.69) is 10.6 Å². The maximum Gasteiger partial charge on any atom is 0.408 e. The van der Waals surface area contributed by atoms with E-state index in [-0.39, 0.29) is 30.4 Å². The highest BCUT2D eigenvalue weighted by Gasteiger charge is 2.45. The van der Waals surface area contributed by atoms with E-state index in [1.165, 1.54) is 0 Å². The van der Waals surface area contributed by atoms with E-state index in [1.807, 2.05) is 30.3 Å². The Hall–Kier alpha value is -2.82. The summed E-state index contributed by atoms with van der Waals surface area (Å²) < 4.78 is 30.2. The molecule has 194 valence electrons. The first kappa shape index (κ1) is 26.8. The van der Waals surface area contributed by atoms with Crippen LogP contribution in [0.2, 0.25) is 0 Å². The van der Waals surface area contributed by atoms with Crippen molar-refractivity contribution in [2.24, 2.45) is 5.92 Å². The molecule has 2 unspecified atom stereocenters. The molecule has 2 aliphatic rings. The van der Waals surface area contributed by atoms with Gasteiger partial charge < -0.3 is 25.4 Å². The maximum atomic E-state index is 13.2. The lowest BCUT2D eigenvalue weighted by Gasteiger charge is -2.41. The predicted molar refractivity (Wildman–Crippen MR) is 129 cm³/mol. The van der Waals surface area contributed by atoms with Crippen LogP contribution in [0.4, 0.5) is 9.59 Å². The average Bonchev–Trinajstić information content (AvgIpc) is 3.11. The van der Waals surface area contributed by atoms with Gasteiger partial charge in [0, 0.05) is 18.6 Å². The van der Waals surface area contributed by atoms with E-state index in [4.69, 9.17) is 9.84 Å². The van der Waals surface area contributed by atoms with Gasteiger partial charge in [-0.3, -0.25) is 4.79 Å². The smallest absolute Gasteiger partial charge is 0.408 e. The summed E-state index contributed by atoms with van der Waals surface area (Å²) in [5.74, 6) is -0.827. The van der Waals surface area contributed by atoms with Crippen LogP contribution in [0.1, 0.15) is 52.0 Å². The van der Waals surface area contributed by atoms with E-state index >= 15 is 0 Å². The predicted octanol–water partition coefficient (Wildman–Crippen LogP) is 2.53. The zero-order valence-corrected chi connectivity index (χ0v) is 21.2. The van der Waals surface area contributed by atoms with Gasteiger partial charge in [-0.25, -0.2) is 18.0 Å². The van der Waals surface area contributed by atoms with Crippen molar-refractivity contribution in [2.45, 2.75) is 75.9 Å². The second kappa shape index (κ2) is 10.8. The molecule has 0 aromatic heterocycles. The fourth-order valence-electron chi connectivity index (χ4n) is 4.75. The Kier molecular flexibility index (Phi) is 8.30. The Balaban J connectivity index is 1.66. The van der Waals surface area contributed by atoms with Crippen LogP contribution < -0.4 is 10.6 Å². The largest absolute Gasteiger partial charge is 0.465 e. The lowest BCUT2D eigenvalue weighted by molar-refractivity contribution is -0.133. The van der Waals surface area contributed by atoms with Crippen molar-refractivity contribution in [1.82, 2.24) is 15.5 Å². The molecule has 1 heterocycles. The number of carbonyl (C=O) groups excluding carboxylic acids is 2. The summed E-state index contributed by atoms with van der Waals surface area (Å²) in [7, 11) is -3.50. The molecule has 1 saturated heterocycles. The van der Waals surface area contributed by atoms with E-state index in [0.717, 1.165) is 5.56 Å². The van der Waals surface area contributed by atoms with E-state index in [1.54, 1.807) is 25.7 Å². The van der Waals surface area contributed by atoms with Gasteiger partial charge in [0.2, 0.25) is 5.91 Å². The minimum absolute atomic E-state index is 0.0879.